The maximum Gasteiger partial charge on any atom is 0.346 e. The number of hydrogen-bond acceptors (Lipinski definition) is 3. The van der Waals surface area contributed by atoms with Crippen LogP contribution in [0, 0.1) is 0 Å². The molecule has 0 spiro atoms. The van der Waals surface area contributed by atoms with E-state index in [1.807, 2.05) is 6.92 Å². The Hall–Kier alpha value is -0.170. The van der Waals surface area contributed by atoms with Crippen LogP contribution in [-0.2, 0) is 10.3 Å². The second-order valence-electron chi connectivity index (χ2n) is 1.86. The van der Waals surface area contributed by atoms with Crippen molar-refractivity contribution in [2.75, 3.05) is 6.54 Å². The van der Waals surface area contributed by atoms with Crippen LogP contribution in [0.3, 0.4) is 0 Å². The molecule has 6 heteroatoms. The van der Waals surface area contributed by atoms with E-state index in [-0.39, 0.29) is 0 Å². The fourth-order valence-corrected chi connectivity index (χ4v) is 0.692. The Kier molecular flexibility index (Phi) is 4.54. The highest BCUT2D eigenvalue weighted by molar-refractivity contribution is 7.83. The van der Waals surface area contributed by atoms with E-state index in [1.165, 1.54) is 0 Å². The molecule has 10 heavy (non-hydrogen) atoms. The van der Waals surface area contributed by atoms with E-state index in [0.717, 1.165) is 12.8 Å². The van der Waals surface area contributed by atoms with Crippen molar-refractivity contribution in [1.82, 2.24) is 10.3 Å². The first-order valence-electron chi connectivity index (χ1n) is 3.03. The topological polar surface area (TPSA) is 78.4 Å². The first kappa shape index (κ1) is 9.83. The standard InChI is InChI=1S/C4H12N2O3S/c1-2-3-4-5-6-10(7,8)9/h5-6H,2-4H2,1H3,(H,7,8,9). The molecule has 0 radical (unpaired) electrons. The first-order chi connectivity index (χ1) is 4.56. The summed E-state index contributed by atoms with van der Waals surface area (Å²) in [6, 6.07) is 0. The van der Waals surface area contributed by atoms with Crippen LogP contribution in [0.25, 0.3) is 0 Å². The number of unbranched alkanes of at least 4 members (excludes halogenated alkanes) is 1. The van der Waals surface area contributed by atoms with Crippen molar-refractivity contribution in [3.8, 4) is 0 Å². The van der Waals surface area contributed by atoms with Gasteiger partial charge in [-0.25, -0.2) is 5.43 Å². The van der Waals surface area contributed by atoms with Gasteiger partial charge in [0.15, 0.2) is 0 Å². The van der Waals surface area contributed by atoms with E-state index >= 15 is 0 Å². The quantitative estimate of drug-likeness (QED) is 0.299. The van der Waals surface area contributed by atoms with Gasteiger partial charge in [0.25, 0.3) is 0 Å². The summed E-state index contributed by atoms with van der Waals surface area (Å²) < 4.78 is 28.1. The zero-order valence-corrected chi connectivity index (χ0v) is 6.61. The zero-order valence-electron chi connectivity index (χ0n) is 5.79. The van der Waals surface area contributed by atoms with Gasteiger partial charge in [-0.05, 0) is 6.42 Å². The van der Waals surface area contributed by atoms with Gasteiger partial charge >= 0.3 is 10.3 Å². The molecule has 62 valence electrons. The molecule has 0 atom stereocenters. The maximum absolute atomic E-state index is 9.98. The molecule has 0 unspecified atom stereocenters. The van der Waals surface area contributed by atoms with Gasteiger partial charge in [-0.2, -0.15) is 8.42 Å². The van der Waals surface area contributed by atoms with E-state index in [9.17, 15) is 8.42 Å². The lowest BCUT2D eigenvalue weighted by molar-refractivity contribution is 0.450. The summed E-state index contributed by atoms with van der Waals surface area (Å²) in [5.74, 6) is 0. The van der Waals surface area contributed by atoms with Gasteiger partial charge in [-0.15, -0.1) is 4.83 Å². The predicted molar refractivity (Wildman–Crippen MR) is 37.6 cm³/mol. The number of hydrazine groups is 1. The molecular weight excluding hydrogens is 156 g/mol. The molecule has 0 aromatic heterocycles. The third-order valence-corrected chi connectivity index (χ3v) is 1.26. The summed E-state index contributed by atoms with van der Waals surface area (Å²) in [7, 11) is -4.07. The molecule has 0 saturated carbocycles. The molecule has 3 N–H and O–H groups in total. The fraction of sp³-hybridized carbons (Fsp3) is 1.00. The highest BCUT2D eigenvalue weighted by Gasteiger charge is 1.98. The second kappa shape index (κ2) is 4.62. The van der Waals surface area contributed by atoms with E-state index < -0.39 is 10.3 Å². The minimum absolute atomic E-state index is 0.524. The molecule has 0 aliphatic rings. The molecule has 0 aromatic rings. The Labute approximate surface area is 60.7 Å². The van der Waals surface area contributed by atoms with Crippen molar-refractivity contribution in [2.45, 2.75) is 19.8 Å². The second-order valence-corrected chi connectivity index (χ2v) is 3.01. The van der Waals surface area contributed by atoms with Crippen molar-refractivity contribution in [1.29, 1.82) is 0 Å². The van der Waals surface area contributed by atoms with Gasteiger partial charge in [0.2, 0.25) is 0 Å². The van der Waals surface area contributed by atoms with Gasteiger partial charge in [0, 0.05) is 6.54 Å². The maximum atomic E-state index is 9.98. The van der Waals surface area contributed by atoms with E-state index in [1.54, 1.807) is 4.83 Å². The van der Waals surface area contributed by atoms with E-state index in [0.29, 0.717) is 6.54 Å². The summed E-state index contributed by atoms with van der Waals surface area (Å²) in [5, 5.41) is 0. The van der Waals surface area contributed by atoms with Crippen molar-refractivity contribution in [2.24, 2.45) is 0 Å². The molecule has 0 fully saturated rings. The largest absolute Gasteiger partial charge is 0.346 e. The summed E-state index contributed by atoms with van der Waals surface area (Å²) in [5.41, 5.74) is 2.34. The average molecular weight is 168 g/mol. The van der Waals surface area contributed by atoms with Crippen molar-refractivity contribution < 1.29 is 13.0 Å². The molecule has 0 aliphatic carbocycles. The van der Waals surface area contributed by atoms with Crippen LogP contribution in [0.4, 0.5) is 0 Å². The van der Waals surface area contributed by atoms with Gasteiger partial charge in [-0.1, -0.05) is 13.3 Å². The fourth-order valence-electron chi connectivity index (χ4n) is 0.407. The van der Waals surface area contributed by atoms with Gasteiger partial charge in [-0.3, -0.25) is 4.55 Å². The SMILES string of the molecule is CCCCNNS(=O)(=O)O. The lowest BCUT2D eigenvalue weighted by Crippen LogP contribution is -2.37. The molecule has 0 rings (SSSR count). The summed E-state index contributed by atoms with van der Waals surface area (Å²) in [6.45, 7) is 2.51. The van der Waals surface area contributed by atoms with Gasteiger partial charge in [0.1, 0.15) is 0 Å². The van der Waals surface area contributed by atoms with Crippen molar-refractivity contribution in [3.05, 3.63) is 0 Å². The van der Waals surface area contributed by atoms with Crippen LogP contribution in [0.2, 0.25) is 0 Å². The molecule has 0 saturated heterocycles. The molecular formula is C4H12N2O3S. The molecule has 0 bridgehead atoms. The van der Waals surface area contributed by atoms with Crippen LogP contribution >= 0.6 is 0 Å². The number of rotatable bonds is 5. The smallest absolute Gasteiger partial charge is 0.273 e. The molecule has 0 aromatic carbocycles. The third-order valence-electron chi connectivity index (χ3n) is 0.856. The van der Waals surface area contributed by atoms with E-state index in [2.05, 4.69) is 5.43 Å². The van der Waals surface area contributed by atoms with Crippen LogP contribution in [0.5, 0.6) is 0 Å². The summed E-state index contributed by atoms with van der Waals surface area (Å²) in [6.07, 6.45) is 1.84. The average Bonchev–Trinajstić information content (AvgIpc) is 1.78. The van der Waals surface area contributed by atoms with Crippen LogP contribution < -0.4 is 10.3 Å². The third kappa shape index (κ3) is 7.83. The highest BCUT2D eigenvalue weighted by atomic mass is 32.2. The monoisotopic (exact) mass is 168 g/mol. The molecule has 0 aliphatic heterocycles. The Bertz CT molecular complexity index is 165. The summed E-state index contributed by atoms with van der Waals surface area (Å²) in [4.78, 5) is 1.73. The zero-order chi connectivity index (χ0) is 8.04. The Balaban J connectivity index is 3.21. The highest BCUT2D eigenvalue weighted by Crippen LogP contribution is 1.80. The van der Waals surface area contributed by atoms with E-state index in [4.69, 9.17) is 4.55 Å². The minimum atomic E-state index is -4.07. The Morgan fingerprint density at radius 1 is 1.50 bits per heavy atom. The lowest BCUT2D eigenvalue weighted by atomic mass is 10.3. The van der Waals surface area contributed by atoms with Crippen LogP contribution in [0.15, 0.2) is 0 Å². The molecule has 0 heterocycles. The Morgan fingerprint density at radius 2 is 2.10 bits per heavy atom. The molecule has 0 amide bonds. The number of hydrogen-bond donors (Lipinski definition) is 3. The minimum Gasteiger partial charge on any atom is -0.273 e. The van der Waals surface area contributed by atoms with Crippen LogP contribution in [-0.4, -0.2) is 19.5 Å². The predicted octanol–water partition coefficient (Wildman–Crippen LogP) is -0.316. The van der Waals surface area contributed by atoms with Crippen LogP contribution in [0.1, 0.15) is 19.8 Å². The van der Waals surface area contributed by atoms with Gasteiger partial charge in [0.05, 0.1) is 0 Å². The normalized spacial score (nSPS) is 11.8. The number of nitrogens with one attached hydrogen (secondary N) is 2. The van der Waals surface area contributed by atoms with Crippen molar-refractivity contribution >= 4 is 10.3 Å². The van der Waals surface area contributed by atoms with Crippen molar-refractivity contribution in [3.63, 3.8) is 0 Å². The Morgan fingerprint density at radius 3 is 2.50 bits per heavy atom. The summed E-state index contributed by atoms with van der Waals surface area (Å²) >= 11 is 0. The molecule has 5 nitrogen and oxygen atoms in total. The van der Waals surface area contributed by atoms with Gasteiger partial charge < -0.3 is 0 Å². The lowest BCUT2D eigenvalue weighted by Gasteiger charge is -2.00. The first-order valence-corrected chi connectivity index (χ1v) is 4.47.